The summed E-state index contributed by atoms with van der Waals surface area (Å²) >= 11 is -1.38. The van der Waals surface area contributed by atoms with Gasteiger partial charge in [0.25, 0.3) is 0 Å². The van der Waals surface area contributed by atoms with E-state index in [0.29, 0.717) is 0 Å². The highest BCUT2D eigenvalue weighted by atomic mass is 32.3. The third-order valence-electron chi connectivity index (χ3n) is 3.01. The quantitative estimate of drug-likeness (QED) is 0.149. The number of sulfonamides is 1. The van der Waals surface area contributed by atoms with Gasteiger partial charge in [-0.3, -0.25) is 5.32 Å². The highest BCUT2D eigenvalue weighted by Crippen LogP contribution is 2.35. The summed E-state index contributed by atoms with van der Waals surface area (Å²) in [7, 11) is -3.87. The lowest BCUT2D eigenvalue weighted by Crippen LogP contribution is -2.66. The molecule has 0 bridgehead atoms. The van der Waals surface area contributed by atoms with Gasteiger partial charge in [-0.25, -0.2) is 17.8 Å². The number of hydrogen-bond acceptors (Lipinski definition) is 10. The van der Waals surface area contributed by atoms with Crippen LogP contribution < -0.4 is 10.5 Å². The summed E-state index contributed by atoms with van der Waals surface area (Å²) < 4.78 is 41.2. The van der Waals surface area contributed by atoms with E-state index in [4.69, 9.17) is 25.0 Å². The molecule has 14 heteroatoms. The zero-order valence-electron chi connectivity index (χ0n) is 11.6. The van der Waals surface area contributed by atoms with Crippen LogP contribution in [0.2, 0.25) is 0 Å². The molecule has 3 unspecified atom stereocenters. The summed E-state index contributed by atoms with van der Waals surface area (Å²) in [6.07, 6.45) is -0.309. The standard InChI is InChI=1S/C9H18N2O9S3/c10-23(19,20)7-3-5(4-21-7)6(1-2-22(17)18)11-8(12,13)9(14,15)16/h4,6-7,11-16H,1-3H2,(H,17,18)(H2,10,19,20). The monoisotopic (exact) mass is 394 g/mol. The van der Waals surface area contributed by atoms with Crippen molar-refractivity contribution in [1.82, 2.24) is 5.32 Å². The molecular weight excluding hydrogens is 376 g/mol. The number of thioether (sulfide) groups is 1. The molecular formula is C9H18N2O9S3. The normalized spacial score (nSPS) is 22.7. The average Bonchev–Trinajstić information content (AvgIpc) is 2.81. The maximum Gasteiger partial charge on any atom is 0.348 e. The Labute approximate surface area is 138 Å². The number of hydrogen-bond donors (Lipinski definition) is 8. The Morgan fingerprint density at radius 3 is 2.35 bits per heavy atom. The zero-order valence-corrected chi connectivity index (χ0v) is 14.0. The fourth-order valence-electron chi connectivity index (χ4n) is 1.78. The van der Waals surface area contributed by atoms with Gasteiger partial charge in [-0.15, -0.1) is 11.8 Å². The van der Waals surface area contributed by atoms with E-state index in [9.17, 15) is 22.8 Å². The Kier molecular flexibility index (Phi) is 6.73. The molecule has 136 valence electrons. The van der Waals surface area contributed by atoms with E-state index in [1.165, 1.54) is 5.41 Å². The van der Waals surface area contributed by atoms with E-state index < -0.39 is 43.6 Å². The highest BCUT2D eigenvalue weighted by molar-refractivity contribution is 8.14. The molecule has 0 radical (unpaired) electrons. The summed E-state index contributed by atoms with van der Waals surface area (Å²) in [5, 5.41) is 53.9. The molecule has 1 aliphatic rings. The minimum Gasteiger partial charge on any atom is -0.347 e. The van der Waals surface area contributed by atoms with Gasteiger partial charge in [-0.2, -0.15) is 0 Å². The second kappa shape index (κ2) is 7.40. The minimum atomic E-state index is -3.92. The minimum absolute atomic E-state index is 0.120. The van der Waals surface area contributed by atoms with Crippen LogP contribution in [0.4, 0.5) is 0 Å². The maximum absolute atomic E-state index is 11.3. The van der Waals surface area contributed by atoms with Gasteiger partial charge in [0, 0.05) is 6.04 Å². The third kappa shape index (κ3) is 6.02. The Balaban J connectivity index is 2.92. The SMILES string of the molecule is NS(=O)(=O)C1CC(C(CCS(=O)O)NC(O)(O)C(O)(O)O)=CS1. The fourth-order valence-corrected chi connectivity index (χ4v) is 4.30. The van der Waals surface area contributed by atoms with E-state index in [1.807, 2.05) is 5.32 Å². The molecule has 3 atom stereocenters. The fraction of sp³-hybridized carbons (Fsp3) is 0.778. The van der Waals surface area contributed by atoms with Gasteiger partial charge in [0.1, 0.15) is 4.58 Å². The molecule has 0 aromatic rings. The van der Waals surface area contributed by atoms with Crippen molar-refractivity contribution in [2.75, 3.05) is 5.75 Å². The molecule has 0 spiro atoms. The molecule has 1 rings (SSSR count). The molecule has 1 heterocycles. The maximum atomic E-state index is 11.3. The van der Waals surface area contributed by atoms with Gasteiger partial charge in [0.15, 0.2) is 11.1 Å². The average molecular weight is 394 g/mol. The van der Waals surface area contributed by atoms with Crippen LogP contribution in [-0.4, -0.2) is 71.0 Å². The molecule has 0 aliphatic carbocycles. The molecule has 1 aliphatic heterocycles. The van der Waals surface area contributed by atoms with Gasteiger partial charge in [0.2, 0.25) is 10.0 Å². The Morgan fingerprint density at radius 1 is 1.39 bits per heavy atom. The lowest BCUT2D eigenvalue weighted by Gasteiger charge is -2.34. The van der Waals surface area contributed by atoms with Crippen LogP contribution in [0.1, 0.15) is 12.8 Å². The van der Waals surface area contributed by atoms with Crippen LogP contribution in [-0.2, 0) is 21.1 Å². The first kappa shape index (κ1) is 20.9. The summed E-state index contributed by atoms with van der Waals surface area (Å²) in [5.41, 5.74) is 0.274. The second-order valence-electron chi connectivity index (χ2n) is 4.87. The van der Waals surface area contributed by atoms with Crippen LogP contribution in [0.5, 0.6) is 0 Å². The van der Waals surface area contributed by atoms with Gasteiger partial charge in [0.05, 0.1) is 5.75 Å². The van der Waals surface area contributed by atoms with E-state index in [-0.39, 0.29) is 24.2 Å². The van der Waals surface area contributed by atoms with Gasteiger partial charge < -0.3 is 30.1 Å². The predicted molar refractivity (Wildman–Crippen MR) is 80.9 cm³/mol. The summed E-state index contributed by atoms with van der Waals surface area (Å²) in [5.74, 6) is -7.82. The van der Waals surface area contributed by atoms with E-state index in [2.05, 4.69) is 0 Å². The lowest BCUT2D eigenvalue weighted by atomic mass is 10.0. The predicted octanol–water partition coefficient (Wildman–Crippen LogP) is -3.54. The van der Waals surface area contributed by atoms with E-state index in [1.54, 1.807) is 0 Å². The Hall–Kier alpha value is -0.130. The number of aliphatic hydroxyl groups is 5. The first-order valence-corrected chi connectivity index (χ1v) is 9.90. The van der Waals surface area contributed by atoms with Crippen LogP contribution in [0, 0.1) is 0 Å². The van der Waals surface area contributed by atoms with Crippen molar-refractivity contribution >= 4 is 32.9 Å². The van der Waals surface area contributed by atoms with Crippen LogP contribution in [0.3, 0.4) is 0 Å². The van der Waals surface area contributed by atoms with E-state index >= 15 is 0 Å². The number of nitrogens with two attached hydrogens (primary N) is 1. The van der Waals surface area contributed by atoms with Crippen molar-refractivity contribution in [2.45, 2.75) is 35.3 Å². The van der Waals surface area contributed by atoms with Gasteiger partial charge >= 0.3 is 11.9 Å². The van der Waals surface area contributed by atoms with Crippen LogP contribution >= 0.6 is 11.8 Å². The molecule has 23 heavy (non-hydrogen) atoms. The van der Waals surface area contributed by atoms with Crippen LogP contribution in [0.15, 0.2) is 11.0 Å². The molecule has 0 saturated heterocycles. The molecule has 9 N–H and O–H groups in total. The van der Waals surface area contributed by atoms with Crippen molar-refractivity contribution in [2.24, 2.45) is 5.14 Å². The number of rotatable bonds is 8. The van der Waals surface area contributed by atoms with Crippen molar-refractivity contribution in [3.05, 3.63) is 11.0 Å². The van der Waals surface area contributed by atoms with Gasteiger partial charge in [-0.05, 0) is 23.8 Å². The topological polar surface area (TPSA) is 211 Å². The lowest BCUT2D eigenvalue weighted by molar-refractivity contribution is -0.456. The highest BCUT2D eigenvalue weighted by Gasteiger charge is 2.48. The molecule has 0 aromatic heterocycles. The molecule has 0 saturated carbocycles. The van der Waals surface area contributed by atoms with Crippen molar-refractivity contribution in [3.63, 3.8) is 0 Å². The summed E-state index contributed by atoms with van der Waals surface area (Å²) in [6, 6.07) is -1.13. The molecule has 0 aromatic carbocycles. The Morgan fingerprint density at radius 2 is 1.96 bits per heavy atom. The third-order valence-corrected chi connectivity index (χ3v) is 6.54. The van der Waals surface area contributed by atoms with Crippen LogP contribution in [0.25, 0.3) is 0 Å². The van der Waals surface area contributed by atoms with Crippen molar-refractivity contribution in [3.8, 4) is 0 Å². The first-order valence-electron chi connectivity index (χ1n) is 6.07. The van der Waals surface area contributed by atoms with Crippen molar-refractivity contribution in [1.29, 1.82) is 0 Å². The molecule has 11 nitrogen and oxygen atoms in total. The Bertz CT molecular complexity index is 584. The second-order valence-corrected chi connectivity index (χ2v) is 9.04. The number of primary sulfonamides is 1. The largest absolute Gasteiger partial charge is 0.348 e. The number of nitrogens with one attached hydrogen (secondary N) is 1. The van der Waals surface area contributed by atoms with Gasteiger partial charge in [-0.1, -0.05) is 0 Å². The molecule has 0 amide bonds. The molecule has 0 fully saturated rings. The van der Waals surface area contributed by atoms with E-state index in [0.717, 1.165) is 11.8 Å². The summed E-state index contributed by atoms with van der Waals surface area (Å²) in [4.78, 5) is 0. The van der Waals surface area contributed by atoms with Crippen molar-refractivity contribution < 1.29 is 42.7 Å². The zero-order chi connectivity index (χ0) is 18.1. The first-order chi connectivity index (χ1) is 10.2. The summed E-state index contributed by atoms with van der Waals surface area (Å²) in [6.45, 7) is 0. The smallest absolute Gasteiger partial charge is 0.347 e.